The van der Waals surface area contributed by atoms with Crippen LogP contribution in [-0.2, 0) is 28.6 Å². The number of carbonyl (C=O) groups is 3. The topological polar surface area (TPSA) is 78.9 Å². The minimum atomic E-state index is -0.928. The normalized spacial score (nSPS) is 14.2. The van der Waals surface area contributed by atoms with Crippen LogP contribution >= 0.6 is 0 Å². The first-order chi connectivity index (χ1) is 8.58. The van der Waals surface area contributed by atoms with Gasteiger partial charge in [-0.15, -0.1) is 0 Å². The van der Waals surface area contributed by atoms with E-state index in [1.165, 1.54) is 0 Å². The van der Waals surface area contributed by atoms with E-state index in [1.807, 2.05) is 0 Å². The summed E-state index contributed by atoms with van der Waals surface area (Å²) in [4.78, 5) is 34.7. The zero-order valence-corrected chi connectivity index (χ0v) is 10.6. The molecule has 100 valence electrons. The van der Waals surface area contributed by atoms with Crippen LogP contribution in [-0.4, -0.2) is 37.7 Å². The van der Waals surface area contributed by atoms with Crippen molar-refractivity contribution in [2.24, 2.45) is 5.92 Å². The molecule has 6 nitrogen and oxygen atoms in total. The minimum Gasteiger partial charge on any atom is -0.465 e. The van der Waals surface area contributed by atoms with Crippen molar-refractivity contribution in [3.8, 4) is 0 Å². The van der Waals surface area contributed by atoms with Gasteiger partial charge in [0.25, 0.3) is 0 Å². The number of carbonyl (C=O) groups excluding carboxylic acids is 3. The van der Waals surface area contributed by atoms with Gasteiger partial charge in [-0.25, -0.2) is 9.59 Å². The maximum Gasteiger partial charge on any atom is 0.335 e. The number of hydrogen-bond donors (Lipinski definition) is 0. The van der Waals surface area contributed by atoms with Crippen LogP contribution in [0.3, 0.4) is 0 Å². The summed E-state index contributed by atoms with van der Waals surface area (Å²) in [6.07, 6.45) is 0. The fraction of sp³-hybridized carbons (Fsp3) is 0.583. The predicted molar refractivity (Wildman–Crippen MR) is 60.4 cm³/mol. The molecule has 0 aromatic rings. The zero-order valence-electron chi connectivity index (χ0n) is 10.6. The monoisotopic (exact) mass is 256 g/mol. The van der Waals surface area contributed by atoms with Crippen LogP contribution in [0.25, 0.3) is 0 Å². The Morgan fingerprint density at radius 3 is 1.56 bits per heavy atom. The van der Waals surface area contributed by atoms with Crippen molar-refractivity contribution in [2.45, 2.75) is 20.8 Å². The van der Waals surface area contributed by atoms with Crippen molar-refractivity contribution in [2.75, 3.05) is 19.8 Å². The SMILES string of the molecule is CCOC(=O)C1=C(C(=O)OCC)C1C(=O)OCC. The average molecular weight is 256 g/mol. The second kappa shape index (κ2) is 6.18. The van der Waals surface area contributed by atoms with Gasteiger partial charge in [-0.1, -0.05) is 0 Å². The third kappa shape index (κ3) is 2.88. The van der Waals surface area contributed by atoms with E-state index < -0.39 is 23.8 Å². The molecular formula is C12H16O6. The van der Waals surface area contributed by atoms with Gasteiger partial charge in [-0.2, -0.15) is 0 Å². The number of esters is 3. The van der Waals surface area contributed by atoms with Crippen LogP contribution in [0.2, 0.25) is 0 Å². The summed E-state index contributed by atoms with van der Waals surface area (Å²) in [5.41, 5.74) is 0.0995. The molecule has 0 N–H and O–H groups in total. The van der Waals surface area contributed by atoms with Crippen molar-refractivity contribution in [1.82, 2.24) is 0 Å². The van der Waals surface area contributed by atoms with Gasteiger partial charge < -0.3 is 14.2 Å². The van der Waals surface area contributed by atoms with Crippen LogP contribution in [0.4, 0.5) is 0 Å². The van der Waals surface area contributed by atoms with Gasteiger partial charge in [-0.05, 0) is 20.8 Å². The Labute approximate surface area is 105 Å². The lowest BCUT2D eigenvalue weighted by Crippen LogP contribution is -2.15. The molecule has 0 atom stereocenters. The first-order valence-electron chi connectivity index (χ1n) is 5.83. The first kappa shape index (κ1) is 14.2. The standard InChI is InChI=1S/C12H16O6/c1-4-16-10(13)7-8(11(14)17-5-2)9(7)12(15)18-6-3/h7H,4-6H2,1-3H3. The predicted octanol–water partition coefficient (Wildman–Crippen LogP) is 0.602. The van der Waals surface area contributed by atoms with Gasteiger partial charge >= 0.3 is 17.9 Å². The lowest BCUT2D eigenvalue weighted by Gasteiger charge is -2.02. The average Bonchev–Trinajstić information content (AvgIpc) is 3.05. The van der Waals surface area contributed by atoms with Crippen LogP contribution in [0.5, 0.6) is 0 Å². The Morgan fingerprint density at radius 1 is 0.833 bits per heavy atom. The van der Waals surface area contributed by atoms with E-state index in [1.54, 1.807) is 20.8 Å². The summed E-state index contributed by atoms with van der Waals surface area (Å²) >= 11 is 0. The van der Waals surface area contributed by atoms with Gasteiger partial charge in [0.1, 0.15) is 5.92 Å². The lowest BCUT2D eigenvalue weighted by molar-refractivity contribution is -0.147. The largest absolute Gasteiger partial charge is 0.465 e. The third-order valence-corrected chi connectivity index (χ3v) is 2.30. The third-order valence-electron chi connectivity index (χ3n) is 2.30. The van der Waals surface area contributed by atoms with Crippen molar-refractivity contribution in [3.63, 3.8) is 0 Å². The van der Waals surface area contributed by atoms with Gasteiger partial charge in [0.05, 0.1) is 31.0 Å². The molecule has 0 radical (unpaired) electrons. The number of ether oxygens (including phenoxy) is 3. The molecule has 0 aromatic carbocycles. The van der Waals surface area contributed by atoms with Crippen LogP contribution in [0.1, 0.15) is 20.8 Å². The van der Waals surface area contributed by atoms with Crippen LogP contribution in [0, 0.1) is 5.92 Å². The van der Waals surface area contributed by atoms with Gasteiger partial charge in [0.15, 0.2) is 0 Å². The Kier molecular flexibility index (Phi) is 4.88. The highest BCUT2D eigenvalue weighted by Crippen LogP contribution is 2.42. The fourth-order valence-electron chi connectivity index (χ4n) is 1.56. The Bertz CT molecular complexity index is 367. The molecule has 0 fully saturated rings. The molecule has 0 heterocycles. The molecule has 0 unspecified atom stereocenters. The molecule has 0 aromatic heterocycles. The molecule has 0 aliphatic heterocycles. The van der Waals surface area contributed by atoms with Crippen molar-refractivity contribution in [3.05, 3.63) is 11.1 Å². The molecule has 0 spiro atoms. The van der Waals surface area contributed by atoms with E-state index in [4.69, 9.17) is 14.2 Å². The Balaban J connectivity index is 2.80. The molecule has 1 aliphatic carbocycles. The number of rotatable bonds is 6. The molecule has 6 heteroatoms. The van der Waals surface area contributed by atoms with E-state index in [0.29, 0.717) is 0 Å². The summed E-state index contributed by atoms with van der Waals surface area (Å²) in [6, 6.07) is 0. The van der Waals surface area contributed by atoms with Crippen molar-refractivity contribution >= 4 is 17.9 Å². The van der Waals surface area contributed by atoms with Crippen LogP contribution < -0.4 is 0 Å². The highest BCUT2D eigenvalue weighted by Gasteiger charge is 2.53. The fourth-order valence-corrected chi connectivity index (χ4v) is 1.56. The van der Waals surface area contributed by atoms with Crippen molar-refractivity contribution < 1.29 is 28.6 Å². The maximum absolute atomic E-state index is 11.6. The van der Waals surface area contributed by atoms with Crippen molar-refractivity contribution in [1.29, 1.82) is 0 Å². The Morgan fingerprint density at radius 2 is 1.22 bits per heavy atom. The quantitative estimate of drug-likeness (QED) is 0.511. The van der Waals surface area contributed by atoms with Gasteiger partial charge in [0, 0.05) is 0 Å². The van der Waals surface area contributed by atoms with Gasteiger partial charge in [0.2, 0.25) is 0 Å². The Hall–Kier alpha value is -1.85. The molecule has 0 saturated carbocycles. The molecule has 0 amide bonds. The minimum absolute atomic E-state index is 0.0498. The molecule has 1 rings (SSSR count). The molecule has 18 heavy (non-hydrogen) atoms. The lowest BCUT2D eigenvalue weighted by atomic mass is 10.2. The van der Waals surface area contributed by atoms with E-state index in [9.17, 15) is 14.4 Å². The summed E-state index contributed by atoms with van der Waals surface area (Å²) in [7, 11) is 0. The smallest absolute Gasteiger partial charge is 0.335 e. The summed E-state index contributed by atoms with van der Waals surface area (Å²) in [5.74, 6) is -2.89. The van der Waals surface area contributed by atoms with Crippen LogP contribution in [0.15, 0.2) is 11.1 Å². The summed E-state index contributed by atoms with van der Waals surface area (Å²) < 4.78 is 14.3. The highest BCUT2D eigenvalue weighted by molar-refractivity contribution is 6.17. The number of hydrogen-bond acceptors (Lipinski definition) is 6. The highest BCUT2D eigenvalue weighted by atomic mass is 16.5. The molecule has 0 bridgehead atoms. The molecular weight excluding hydrogens is 240 g/mol. The zero-order chi connectivity index (χ0) is 13.7. The first-order valence-corrected chi connectivity index (χ1v) is 5.83. The van der Waals surface area contributed by atoms with E-state index in [-0.39, 0.29) is 31.0 Å². The van der Waals surface area contributed by atoms with E-state index in [2.05, 4.69) is 0 Å². The van der Waals surface area contributed by atoms with Gasteiger partial charge in [-0.3, -0.25) is 4.79 Å². The van der Waals surface area contributed by atoms with E-state index in [0.717, 1.165) is 0 Å². The summed E-state index contributed by atoms with van der Waals surface area (Å²) in [6.45, 7) is 5.46. The summed E-state index contributed by atoms with van der Waals surface area (Å²) in [5, 5.41) is 0. The second-order valence-electron chi connectivity index (χ2n) is 3.45. The maximum atomic E-state index is 11.6. The van der Waals surface area contributed by atoms with E-state index >= 15 is 0 Å². The molecule has 1 aliphatic rings. The second-order valence-corrected chi connectivity index (χ2v) is 3.45. The molecule has 0 saturated heterocycles.